The van der Waals surface area contributed by atoms with Gasteiger partial charge in [-0.25, -0.2) is 0 Å². The number of benzene rings is 1. The van der Waals surface area contributed by atoms with Gasteiger partial charge in [-0.1, -0.05) is 0 Å². The maximum absolute atomic E-state index is 10.7. The fourth-order valence-electron chi connectivity index (χ4n) is 1.00. The number of allylic oxidation sites excluding steroid dienone is 1. The summed E-state index contributed by atoms with van der Waals surface area (Å²) in [5.74, 6) is 0.710. The molecule has 3 nitrogen and oxygen atoms in total. The highest BCUT2D eigenvalue weighted by molar-refractivity contribution is 5.91. The second kappa shape index (κ2) is 4.46. The summed E-state index contributed by atoms with van der Waals surface area (Å²) in [6.07, 6.45) is 2.95. The molecule has 0 aliphatic heterocycles. The molecule has 3 heteroatoms. The van der Waals surface area contributed by atoms with E-state index in [4.69, 9.17) is 4.74 Å². The first-order valence-corrected chi connectivity index (χ1v) is 4.19. The molecule has 0 radical (unpaired) electrons. The number of methoxy groups -OCH3 is 1. The number of carbonyl (C=O) groups excluding carboxylic acids is 1. The number of hydrogen-bond donors (Lipinski definition) is 1. The smallest absolute Gasteiger partial charge is 0.152 e. The van der Waals surface area contributed by atoms with Crippen LogP contribution in [0, 0.1) is 0 Å². The molecule has 0 atom stereocenters. The molecule has 0 amide bonds. The van der Waals surface area contributed by atoms with E-state index in [0.29, 0.717) is 11.3 Å². The van der Waals surface area contributed by atoms with Gasteiger partial charge in [0.15, 0.2) is 5.78 Å². The molecular weight excluding hydrogens is 180 g/mol. The van der Waals surface area contributed by atoms with Crippen molar-refractivity contribution < 1.29 is 14.6 Å². The summed E-state index contributed by atoms with van der Waals surface area (Å²) < 4.78 is 4.99. The Kier molecular flexibility index (Phi) is 3.29. The van der Waals surface area contributed by atoms with Crippen LogP contribution in [-0.4, -0.2) is 18.0 Å². The molecule has 1 aromatic carbocycles. The van der Waals surface area contributed by atoms with Crippen LogP contribution in [0.1, 0.15) is 12.5 Å². The Morgan fingerprint density at radius 1 is 1.50 bits per heavy atom. The minimum absolute atomic E-state index is 0.0628. The van der Waals surface area contributed by atoms with Crippen LogP contribution in [0.2, 0.25) is 0 Å². The van der Waals surface area contributed by atoms with E-state index in [1.165, 1.54) is 19.1 Å². The van der Waals surface area contributed by atoms with Gasteiger partial charge in [0.25, 0.3) is 0 Å². The van der Waals surface area contributed by atoms with Crippen molar-refractivity contribution in [1.29, 1.82) is 0 Å². The highest BCUT2D eigenvalue weighted by atomic mass is 16.5. The highest BCUT2D eigenvalue weighted by Crippen LogP contribution is 2.23. The molecule has 0 heterocycles. The SMILES string of the molecule is COc1ccc(O)c(/C=C/C(C)=O)c1. The van der Waals surface area contributed by atoms with E-state index in [2.05, 4.69) is 0 Å². The molecule has 1 N–H and O–H groups in total. The Morgan fingerprint density at radius 3 is 2.79 bits per heavy atom. The van der Waals surface area contributed by atoms with Gasteiger partial charge in [-0.15, -0.1) is 0 Å². The predicted octanol–water partition coefficient (Wildman–Crippen LogP) is 2.00. The van der Waals surface area contributed by atoms with E-state index in [-0.39, 0.29) is 11.5 Å². The molecule has 0 aliphatic rings. The second-order valence-electron chi connectivity index (χ2n) is 2.87. The number of aromatic hydroxyl groups is 1. The third-order valence-corrected chi connectivity index (χ3v) is 1.73. The van der Waals surface area contributed by atoms with Crippen LogP contribution in [0.5, 0.6) is 11.5 Å². The lowest BCUT2D eigenvalue weighted by atomic mass is 10.1. The standard InChI is InChI=1S/C11H12O3/c1-8(12)3-4-9-7-10(14-2)5-6-11(9)13/h3-7,13H,1-2H3/b4-3+. The van der Waals surface area contributed by atoms with Crippen molar-refractivity contribution >= 4 is 11.9 Å². The van der Waals surface area contributed by atoms with Crippen molar-refractivity contribution in [1.82, 2.24) is 0 Å². The molecular formula is C11H12O3. The Balaban J connectivity index is 3.00. The first-order valence-electron chi connectivity index (χ1n) is 4.19. The molecule has 0 saturated carbocycles. The van der Waals surface area contributed by atoms with Crippen LogP contribution >= 0.6 is 0 Å². The van der Waals surface area contributed by atoms with Crippen molar-refractivity contribution in [2.75, 3.05) is 7.11 Å². The van der Waals surface area contributed by atoms with Gasteiger partial charge in [0.1, 0.15) is 11.5 Å². The highest BCUT2D eigenvalue weighted by Gasteiger charge is 1.99. The Hall–Kier alpha value is -1.77. The number of hydrogen-bond acceptors (Lipinski definition) is 3. The second-order valence-corrected chi connectivity index (χ2v) is 2.87. The first kappa shape index (κ1) is 10.3. The molecule has 14 heavy (non-hydrogen) atoms. The van der Waals surface area contributed by atoms with Crippen LogP contribution in [0.3, 0.4) is 0 Å². The molecule has 0 unspecified atom stereocenters. The lowest BCUT2D eigenvalue weighted by Gasteiger charge is -2.02. The number of ketones is 1. The fraction of sp³-hybridized carbons (Fsp3) is 0.182. The van der Waals surface area contributed by atoms with E-state index >= 15 is 0 Å². The molecule has 0 aliphatic carbocycles. The van der Waals surface area contributed by atoms with Gasteiger partial charge in [-0.2, -0.15) is 0 Å². The van der Waals surface area contributed by atoms with Crippen LogP contribution in [0.15, 0.2) is 24.3 Å². The van der Waals surface area contributed by atoms with Crippen molar-refractivity contribution in [3.05, 3.63) is 29.8 Å². The van der Waals surface area contributed by atoms with Gasteiger partial charge in [0, 0.05) is 5.56 Å². The zero-order valence-electron chi connectivity index (χ0n) is 8.15. The molecule has 0 spiro atoms. The van der Waals surface area contributed by atoms with E-state index in [1.807, 2.05) is 0 Å². The van der Waals surface area contributed by atoms with Gasteiger partial charge in [-0.3, -0.25) is 4.79 Å². The zero-order valence-corrected chi connectivity index (χ0v) is 8.15. The molecule has 0 aromatic heterocycles. The monoisotopic (exact) mass is 192 g/mol. The third kappa shape index (κ3) is 2.62. The summed E-state index contributed by atoms with van der Waals surface area (Å²) in [6.45, 7) is 1.45. The van der Waals surface area contributed by atoms with Gasteiger partial charge >= 0.3 is 0 Å². The fourth-order valence-corrected chi connectivity index (χ4v) is 1.00. The lowest BCUT2D eigenvalue weighted by Crippen LogP contribution is -1.85. The van der Waals surface area contributed by atoms with E-state index < -0.39 is 0 Å². The van der Waals surface area contributed by atoms with E-state index in [9.17, 15) is 9.90 Å². The normalized spacial score (nSPS) is 10.4. The molecule has 0 bridgehead atoms. The number of phenols is 1. The molecule has 1 aromatic rings. The zero-order chi connectivity index (χ0) is 10.6. The van der Waals surface area contributed by atoms with Gasteiger partial charge in [0.2, 0.25) is 0 Å². The summed E-state index contributed by atoms with van der Waals surface area (Å²) in [5, 5.41) is 9.43. The Morgan fingerprint density at radius 2 is 2.21 bits per heavy atom. The number of phenolic OH excluding ortho intramolecular Hbond substituents is 1. The van der Waals surface area contributed by atoms with Gasteiger partial charge in [-0.05, 0) is 37.3 Å². The molecule has 0 saturated heterocycles. The summed E-state index contributed by atoms with van der Waals surface area (Å²) in [7, 11) is 1.55. The Labute approximate surface area is 82.6 Å². The minimum Gasteiger partial charge on any atom is -0.507 e. The predicted molar refractivity (Wildman–Crippen MR) is 54.4 cm³/mol. The van der Waals surface area contributed by atoms with Crippen LogP contribution in [0.4, 0.5) is 0 Å². The first-order chi connectivity index (χ1) is 6.63. The minimum atomic E-state index is -0.0628. The van der Waals surface area contributed by atoms with Crippen molar-refractivity contribution in [2.24, 2.45) is 0 Å². The summed E-state index contributed by atoms with van der Waals surface area (Å²) in [5.41, 5.74) is 0.569. The summed E-state index contributed by atoms with van der Waals surface area (Å²) >= 11 is 0. The van der Waals surface area contributed by atoms with Crippen molar-refractivity contribution in [3.63, 3.8) is 0 Å². The van der Waals surface area contributed by atoms with Gasteiger partial charge in [0.05, 0.1) is 7.11 Å². The maximum Gasteiger partial charge on any atom is 0.152 e. The van der Waals surface area contributed by atoms with Crippen LogP contribution < -0.4 is 4.74 Å². The topological polar surface area (TPSA) is 46.5 Å². The maximum atomic E-state index is 10.7. The summed E-state index contributed by atoms with van der Waals surface area (Å²) in [4.78, 5) is 10.7. The largest absolute Gasteiger partial charge is 0.507 e. The van der Waals surface area contributed by atoms with E-state index in [1.54, 1.807) is 25.3 Å². The number of carbonyl (C=O) groups is 1. The van der Waals surface area contributed by atoms with Crippen LogP contribution in [0.25, 0.3) is 6.08 Å². The quantitative estimate of drug-likeness (QED) is 0.745. The lowest BCUT2D eigenvalue weighted by molar-refractivity contribution is -0.112. The average molecular weight is 192 g/mol. The number of rotatable bonds is 3. The Bertz CT molecular complexity index is 367. The van der Waals surface area contributed by atoms with Crippen LogP contribution in [-0.2, 0) is 4.79 Å². The summed E-state index contributed by atoms with van der Waals surface area (Å²) in [6, 6.07) is 4.84. The molecule has 74 valence electrons. The van der Waals surface area contributed by atoms with Gasteiger partial charge < -0.3 is 9.84 Å². The van der Waals surface area contributed by atoms with E-state index in [0.717, 1.165) is 0 Å². The molecule has 0 fully saturated rings. The molecule has 1 rings (SSSR count). The van der Waals surface area contributed by atoms with Crippen molar-refractivity contribution in [2.45, 2.75) is 6.92 Å². The third-order valence-electron chi connectivity index (χ3n) is 1.73. The average Bonchev–Trinajstić information content (AvgIpc) is 2.16. The van der Waals surface area contributed by atoms with Crippen molar-refractivity contribution in [3.8, 4) is 11.5 Å². The number of ether oxygens (including phenoxy) is 1.